The Morgan fingerprint density at radius 1 is 1.18 bits per heavy atom. The van der Waals surface area contributed by atoms with Crippen LogP contribution in [0.3, 0.4) is 0 Å². The number of rotatable bonds is 7. The summed E-state index contributed by atoms with van der Waals surface area (Å²) in [4.78, 5) is 16.3. The molecule has 1 fully saturated rings. The van der Waals surface area contributed by atoms with Crippen LogP contribution in [0.1, 0.15) is 33.9 Å². The van der Waals surface area contributed by atoms with Crippen molar-refractivity contribution >= 4 is 17.1 Å². The molecule has 8 heteroatoms. The van der Waals surface area contributed by atoms with Gasteiger partial charge in [-0.1, -0.05) is 6.07 Å². The van der Waals surface area contributed by atoms with Gasteiger partial charge in [0.05, 0.1) is 20.2 Å². The highest BCUT2D eigenvalue weighted by Crippen LogP contribution is 2.24. The molecule has 28 heavy (non-hydrogen) atoms. The topological polar surface area (TPSA) is 73.1 Å². The van der Waals surface area contributed by atoms with E-state index >= 15 is 0 Å². The summed E-state index contributed by atoms with van der Waals surface area (Å²) in [5, 5.41) is 14.2. The van der Waals surface area contributed by atoms with Crippen molar-refractivity contribution in [2.45, 2.75) is 25.9 Å². The molecule has 0 amide bonds. The van der Waals surface area contributed by atoms with E-state index in [1.807, 2.05) is 35.0 Å². The van der Waals surface area contributed by atoms with Crippen molar-refractivity contribution in [2.24, 2.45) is 5.92 Å². The van der Waals surface area contributed by atoms with Crippen LogP contribution in [0.2, 0.25) is 0 Å². The lowest BCUT2D eigenvalue weighted by Crippen LogP contribution is -2.36. The van der Waals surface area contributed by atoms with Gasteiger partial charge < -0.3 is 4.74 Å². The van der Waals surface area contributed by atoms with E-state index < -0.39 is 0 Å². The number of thiophene rings is 1. The minimum absolute atomic E-state index is 0.0757. The Bertz CT molecular complexity index is 899. The average Bonchev–Trinajstić information content (AvgIpc) is 3.41. The van der Waals surface area contributed by atoms with Crippen molar-refractivity contribution in [1.82, 2.24) is 25.1 Å². The van der Waals surface area contributed by atoms with E-state index in [0.717, 1.165) is 43.1 Å². The zero-order chi connectivity index (χ0) is 19.3. The summed E-state index contributed by atoms with van der Waals surface area (Å²) < 4.78 is 7.03. The first-order chi connectivity index (χ1) is 13.7. The first-order valence-electron chi connectivity index (χ1n) is 9.41. The Morgan fingerprint density at radius 3 is 2.64 bits per heavy atom. The van der Waals surface area contributed by atoms with Crippen molar-refractivity contribution in [3.8, 4) is 5.75 Å². The lowest BCUT2D eigenvalue weighted by atomic mass is 9.89. The Labute approximate surface area is 167 Å². The predicted octanol–water partition coefficient (Wildman–Crippen LogP) is 2.89. The number of tetrazole rings is 1. The molecule has 0 atom stereocenters. The fourth-order valence-corrected chi connectivity index (χ4v) is 4.24. The van der Waals surface area contributed by atoms with Crippen LogP contribution < -0.4 is 4.74 Å². The number of aromatic nitrogens is 4. The van der Waals surface area contributed by atoms with Gasteiger partial charge >= 0.3 is 0 Å². The maximum Gasteiger partial charge on any atom is 0.166 e. The third-order valence-electron chi connectivity index (χ3n) is 5.19. The molecule has 0 spiro atoms. The molecule has 0 N–H and O–H groups in total. The van der Waals surface area contributed by atoms with Gasteiger partial charge in [-0.25, -0.2) is 4.68 Å². The highest BCUT2D eigenvalue weighted by atomic mass is 32.1. The minimum Gasteiger partial charge on any atom is -0.497 e. The quantitative estimate of drug-likeness (QED) is 0.571. The number of benzene rings is 1. The molecule has 3 aromatic rings. The maximum atomic E-state index is 12.8. The van der Waals surface area contributed by atoms with Crippen molar-refractivity contribution < 1.29 is 9.53 Å². The van der Waals surface area contributed by atoms with Crippen LogP contribution in [0, 0.1) is 5.92 Å². The van der Waals surface area contributed by atoms with E-state index in [4.69, 9.17) is 4.74 Å². The first-order valence-corrected chi connectivity index (χ1v) is 10.3. The second-order valence-electron chi connectivity index (χ2n) is 6.98. The highest BCUT2D eigenvalue weighted by Gasteiger charge is 2.26. The molecule has 7 nitrogen and oxygen atoms in total. The van der Waals surface area contributed by atoms with Gasteiger partial charge in [-0.05, 0) is 72.1 Å². The van der Waals surface area contributed by atoms with Crippen LogP contribution in [0.25, 0.3) is 0 Å². The molecule has 1 saturated heterocycles. The molecule has 0 bridgehead atoms. The first kappa shape index (κ1) is 18.8. The maximum absolute atomic E-state index is 12.8. The summed E-state index contributed by atoms with van der Waals surface area (Å²) in [5.41, 5.74) is 0.763. The summed E-state index contributed by atoms with van der Waals surface area (Å²) in [6, 6.07) is 11.5. The molecule has 1 aliphatic rings. The summed E-state index contributed by atoms with van der Waals surface area (Å²) in [7, 11) is 1.63. The third kappa shape index (κ3) is 4.28. The third-order valence-corrected chi connectivity index (χ3v) is 6.05. The summed E-state index contributed by atoms with van der Waals surface area (Å²) in [5.74, 6) is 1.94. The molecule has 0 saturated carbocycles. The van der Waals surface area contributed by atoms with Gasteiger partial charge in [0.25, 0.3) is 0 Å². The normalized spacial score (nSPS) is 15.6. The Hall–Kier alpha value is -2.58. The second-order valence-corrected chi connectivity index (χ2v) is 8.01. The monoisotopic (exact) mass is 397 g/mol. The van der Waals surface area contributed by atoms with Crippen LogP contribution in [0.4, 0.5) is 0 Å². The average molecular weight is 398 g/mol. The molecule has 0 radical (unpaired) electrons. The molecule has 146 valence electrons. The smallest absolute Gasteiger partial charge is 0.166 e. The number of methoxy groups -OCH3 is 1. The fraction of sp³-hybridized carbons (Fsp3) is 0.400. The second kappa shape index (κ2) is 8.62. The molecule has 2 aromatic heterocycles. The zero-order valence-electron chi connectivity index (χ0n) is 15.8. The van der Waals surface area contributed by atoms with E-state index in [1.54, 1.807) is 18.4 Å². The standard InChI is InChI=1S/C20H23N5O2S/c1-27-17-6-4-15(5-7-17)20(26)16-8-10-24(11-9-16)14-19-21-22-23-25(19)13-18-3-2-12-28-18/h2-7,12,16H,8-11,13-14H2,1H3. The minimum atomic E-state index is 0.0757. The van der Waals surface area contributed by atoms with Crippen LogP contribution >= 0.6 is 11.3 Å². The number of hydrogen-bond acceptors (Lipinski definition) is 7. The van der Waals surface area contributed by atoms with Gasteiger partial charge in [-0.3, -0.25) is 9.69 Å². The van der Waals surface area contributed by atoms with Crippen LogP contribution in [-0.2, 0) is 13.1 Å². The number of Topliss-reactive ketones (excluding diaryl/α,β-unsaturated/α-hetero) is 1. The van der Waals surface area contributed by atoms with Crippen molar-refractivity contribution in [3.63, 3.8) is 0 Å². The van der Waals surface area contributed by atoms with Crippen molar-refractivity contribution in [1.29, 1.82) is 0 Å². The molecule has 1 aromatic carbocycles. The fourth-order valence-electron chi connectivity index (χ4n) is 3.55. The SMILES string of the molecule is COc1ccc(C(=O)C2CCN(Cc3nnnn3Cc3cccs3)CC2)cc1. The Balaban J connectivity index is 1.32. The molecule has 0 aliphatic carbocycles. The summed E-state index contributed by atoms with van der Waals surface area (Å²) in [6.07, 6.45) is 1.72. The lowest BCUT2D eigenvalue weighted by molar-refractivity contribution is 0.0831. The summed E-state index contributed by atoms with van der Waals surface area (Å²) >= 11 is 1.70. The van der Waals surface area contributed by atoms with Crippen LogP contribution in [-0.4, -0.2) is 51.1 Å². The lowest BCUT2D eigenvalue weighted by Gasteiger charge is -2.30. The molecule has 1 aliphatic heterocycles. The number of nitrogens with zero attached hydrogens (tertiary/aromatic N) is 5. The molecule has 3 heterocycles. The Morgan fingerprint density at radius 2 is 1.96 bits per heavy atom. The van der Waals surface area contributed by atoms with Crippen LogP contribution in [0.15, 0.2) is 41.8 Å². The number of ketones is 1. The molecular formula is C20H23N5O2S. The number of carbonyl (C=O) groups is 1. The number of carbonyl (C=O) groups excluding carboxylic acids is 1. The summed E-state index contributed by atoms with van der Waals surface area (Å²) in [6.45, 7) is 3.16. The number of likely N-dealkylation sites (tertiary alicyclic amines) is 1. The van der Waals surface area contributed by atoms with E-state index in [1.165, 1.54) is 4.88 Å². The number of ether oxygens (including phenoxy) is 1. The zero-order valence-corrected chi connectivity index (χ0v) is 16.6. The van der Waals surface area contributed by atoms with Gasteiger partial charge in [-0.15, -0.1) is 16.4 Å². The van der Waals surface area contributed by atoms with Gasteiger partial charge in [0.2, 0.25) is 0 Å². The molecule has 4 rings (SSSR count). The Kier molecular flexibility index (Phi) is 5.78. The number of hydrogen-bond donors (Lipinski definition) is 0. The van der Waals surface area contributed by atoms with E-state index in [0.29, 0.717) is 13.1 Å². The van der Waals surface area contributed by atoms with Crippen molar-refractivity contribution in [2.75, 3.05) is 20.2 Å². The van der Waals surface area contributed by atoms with Crippen molar-refractivity contribution in [3.05, 3.63) is 58.0 Å². The van der Waals surface area contributed by atoms with E-state index in [9.17, 15) is 4.79 Å². The van der Waals surface area contributed by atoms with Gasteiger partial charge in [0.1, 0.15) is 5.75 Å². The molecular weight excluding hydrogens is 374 g/mol. The van der Waals surface area contributed by atoms with Gasteiger partial charge in [-0.2, -0.15) is 0 Å². The van der Waals surface area contributed by atoms with Crippen LogP contribution in [0.5, 0.6) is 5.75 Å². The predicted molar refractivity (Wildman–Crippen MR) is 107 cm³/mol. The van der Waals surface area contributed by atoms with Gasteiger partial charge in [0.15, 0.2) is 11.6 Å². The highest BCUT2D eigenvalue weighted by molar-refractivity contribution is 7.09. The largest absolute Gasteiger partial charge is 0.497 e. The van der Waals surface area contributed by atoms with E-state index in [2.05, 4.69) is 31.9 Å². The van der Waals surface area contributed by atoms with E-state index in [-0.39, 0.29) is 11.7 Å². The molecule has 0 unspecified atom stereocenters. The number of piperidine rings is 1. The van der Waals surface area contributed by atoms with Gasteiger partial charge in [0, 0.05) is 16.4 Å².